The lowest BCUT2D eigenvalue weighted by Crippen LogP contribution is -2.63. The molecule has 2 aromatic carbocycles. The van der Waals surface area contributed by atoms with E-state index >= 15 is 0 Å². The van der Waals surface area contributed by atoms with Crippen LogP contribution in [0.4, 0.5) is 0 Å². The molecule has 0 aliphatic carbocycles. The van der Waals surface area contributed by atoms with Crippen LogP contribution in [0.5, 0.6) is 0 Å². The molecular formula is C20H26OSi2. The van der Waals surface area contributed by atoms with Crippen molar-refractivity contribution in [2.24, 2.45) is 0 Å². The average molecular weight is 339 g/mol. The summed E-state index contributed by atoms with van der Waals surface area (Å²) in [6, 6.07) is 18.9. The topological polar surface area (TPSA) is 17.1 Å². The van der Waals surface area contributed by atoms with E-state index in [0.717, 1.165) is 5.56 Å². The van der Waals surface area contributed by atoms with Crippen molar-refractivity contribution < 1.29 is 4.79 Å². The third-order valence-electron chi connectivity index (χ3n) is 5.45. The number of benzene rings is 2. The van der Waals surface area contributed by atoms with Crippen LogP contribution in [0.15, 0.2) is 61.2 Å². The van der Waals surface area contributed by atoms with Gasteiger partial charge >= 0.3 is 0 Å². The second kappa shape index (κ2) is 6.42. The van der Waals surface area contributed by atoms with Gasteiger partial charge in [0.2, 0.25) is 0 Å². The van der Waals surface area contributed by atoms with Gasteiger partial charge in [0, 0.05) is 5.56 Å². The molecule has 0 heterocycles. The first-order valence-corrected chi connectivity index (χ1v) is 15.0. The minimum atomic E-state index is -1.70. The molecule has 2 rings (SSSR count). The van der Waals surface area contributed by atoms with E-state index in [1.807, 2.05) is 12.1 Å². The first-order valence-electron chi connectivity index (χ1n) is 8.04. The van der Waals surface area contributed by atoms with E-state index in [4.69, 9.17) is 0 Å². The van der Waals surface area contributed by atoms with E-state index in [0.29, 0.717) is 0 Å². The smallest absolute Gasteiger partial charge is 0.159 e. The molecule has 0 atom stereocenters. The van der Waals surface area contributed by atoms with Crippen molar-refractivity contribution in [3.05, 3.63) is 72.3 Å². The molecule has 0 bridgehead atoms. The Hall–Kier alpha value is -1.72. The molecule has 3 heteroatoms. The quantitative estimate of drug-likeness (QED) is 0.563. The van der Waals surface area contributed by atoms with Gasteiger partial charge in [0.05, 0.1) is 15.2 Å². The van der Waals surface area contributed by atoms with E-state index in [9.17, 15) is 4.79 Å². The molecule has 0 aliphatic heterocycles. The summed E-state index contributed by atoms with van der Waals surface area (Å²) in [5.41, 5.74) is 1.95. The van der Waals surface area contributed by atoms with Gasteiger partial charge in [-0.15, -0.1) is 0 Å². The van der Waals surface area contributed by atoms with Crippen molar-refractivity contribution in [1.82, 2.24) is 0 Å². The molecule has 0 fully saturated rings. The lowest BCUT2D eigenvalue weighted by atomic mass is 10.1. The van der Waals surface area contributed by atoms with Gasteiger partial charge in [-0.05, 0) is 12.5 Å². The molecule has 0 saturated carbocycles. The van der Waals surface area contributed by atoms with Crippen molar-refractivity contribution >= 4 is 31.3 Å². The van der Waals surface area contributed by atoms with Gasteiger partial charge in [-0.3, -0.25) is 4.79 Å². The van der Waals surface area contributed by atoms with Crippen LogP contribution in [-0.2, 0) is 0 Å². The highest BCUT2D eigenvalue weighted by Gasteiger charge is 2.44. The van der Waals surface area contributed by atoms with Crippen LogP contribution < -0.4 is 5.19 Å². The maximum Gasteiger partial charge on any atom is 0.159 e. The van der Waals surface area contributed by atoms with Crippen LogP contribution in [0.1, 0.15) is 22.8 Å². The van der Waals surface area contributed by atoms with E-state index in [1.165, 1.54) is 15.9 Å². The second-order valence-corrected chi connectivity index (χ2v) is 22.4. The fourth-order valence-electron chi connectivity index (χ4n) is 2.86. The Labute approximate surface area is 141 Å². The predicted octanol–water partition coefficient (Wildman–Crippen LogP) is 4.84. The second-order valence-electron chi connectivity index (χ2n) is 7.23. The monoisotopic (exact) mass is 338 g/mol. The van der Waals surface area contributed by atoms with Gasteiger partial charge in [0.25, 0.3) is 0 Å². The third kappa shape index (κ3) is 3.31. The molecule has 0 amide bonds. The zero-order valence-electron chi connectivity index (χ0n) is 14.8. The fourth-order valence-corrected chi connectivity index (χ4v) is 11.6. The highest BCUT2D eigenvalue weighted by atomic mass is 29.3. The number of Topliss-reactive ketones (excluding diaryl/α,β-unsaturated/α-hetero) is 1. The SMILES string of the molecule is C=C(c1ccc(C(C)=O)cc1)[Si](C)(C)[Si](C)(C)c1ccccc1. The number of ketones is 1. The zero-order chi connectivity index (χ0) is 17.3. The van der Waals surface area contributed by atoms with Gasteiger partial charge in [-0.1, -0.05) is 97.7 Å². The lowest BCUT2D eigenvalue weighted by molar-refractivity contribution is 0.101. The normalized spacial score (nSPS) is 12.0. The molecule has 0 spiro atoms. The summed E-state index contributed by atoms with van der Waals surface area (Å²) in [4.78, 5) is 11.5. The number of rotatable bonds is 5. The molecule has 120 valence electrons. The fraction of sp³-hybridized carbons (Fsp3) is 0.250. The van der Waals surface area contributed by atoms with E-state index in [2.05, 4.69) is 75.2 Å². The number of carbonyl (C=O) groups is 1. The molecular weight excluding hydrogens is 312 g/mol. The molecule has 0 saturated heterocycles. The van der Waals surface area contributed by atoms with Gasteiger partial charge in [-0.25, -0.2) is 0 Å². The Morgan fingerprint density at radius 2 is 1.30 bits per heavy atom. The van der Waals surface area contributed by atoms with Crippen LogP contribution in [0.25, 0.3) is 5.20 Å². The standard InChI is InChI=1S/C20H26OSi2/c1-16(21)18-12-14-19(15-13-18)17(2)22(3,4)23(5,6)20-10-8-7-9-11-20/h7-15H,2H2,1,3-6H3. The molecule has 0 N–H and O–H groups in total. The molecule has 0 radical (unpaired) electrons. The van der Waals surface area contributed by atoms with Crippen molar-refractivity contribution in [3.8, 4) is 0 Å². The number of hydrogen-bond donors (Lipinski definition) is 0. The van der Waals surface area contributed by atoms with Crippen molar-refractivity contribution in [2.75, 3.05) is 0 Å². The van der Waals surface area contributed by atoms with Gasteiger partial charge in [0.1, 0.15) is 0 Å². The summed E-state index contributed by atoms with van der Waals surface area (Å²) in [6.45, 7) is 15.9. The molecule has 2 aromatic rings. The summed E-state index contributed by atoms with van der Waals surface area (Å²) in [7, 11) is -3.32. The van der Waals surface area contributed by atoms with E-state index in [-0.39, 0.29) is 5.78 Å². The van der Waals surface area contributed by atoms with Gasteiger partial charge < -0.3 is 0 Å². The maximum atomic E-state index is 11.5. The highest BCUT2D eigenvalue weighted by Crippen LogP contribution is 2.32. The summed E-state index contributed by atoms with van der Waals surface area (Å²) in [5.74, 6) is 0.109. The van der Waals surface area contributed by atoms with Crippen molar-refractivity contribution in [3.63, 3.8) is 0 Å². The van der Waals surface area contributed by atoms with Crippen molar-refractivity contribution in [1.29, 1.82) is 0 Å². The summed E-state index contributed by atoms with van der Waals surface area (Å²) in [5, 5.41) is 2.78. The summed E-state index contributed by atoms with van der Waals surface area (Å²) < 4.78 is 0. The molecule has 0 aliphatic rings. The Bertz CT molecular complexity index is 713. The van der Waals surface area contributed by atoms with Crippen molar-refractivity contribution in [2.45, 2.75) is 33.1 Å². The van der Waals surface area contributed by atoms with Crippen LogP contribution in [0, 0.1) is 0 Å². The van der Waals surface area contributed by atoms with Gasteiger partial charge in [0.15, 0.2) is 5.78 Å². The number of hydrogen-bond acceptors (Lipinski definition) is 1. The first-order chi connectivity index (χ1) is 10.7. The zero-order valence-corrected chi connectivity index (χ0v) is 16.8. The van der Waals surface area contributed by atoms with E-state index < -0.39 is 15.2 Å². The predicted molar refractivity (Wildman–Crippen MR) is 107 cm³/mol. The first kappa shape index (κ1) is 17.6. The number of carbonyl (C=O) groups excluding carboxylic acids is 1. The molecule has 1 nitrogen and oxygen atoms in total. The molecule has 0 unspecified atom stereocenters. The molecule has 23 heavy (non-hydrogen) atoms. The van der Waals surface area contributed by atoms with E-state index in [1.54, 1.807) is 6.92 Å². The Balaban J connectivity index is 2.38. The van der Waals surface area contributed by atoms with Crippen LogP contribution in [0.3, 0.4) is 0 Å². The summed E-state index contributed by atoms with van der Waals surface area (Å²) >= 11 is 0. The Morgan fingerprint density at radius 1 is 0.826 bits per heavy atom. The Kier molecular flexibility index (Phi) is 4.92. The largest absolute Gasteiger partial charge is 0.295 e. The molecule has 0 aromatic heterocycles. The minimum Gasteiger partial charge on any atom is -0.295 e. The van der Waals surface area contributed by atoms with Crippen LogP contribution in [0.2, 0.25) is 26.2 Å². The summed E-state index contributed by atoms with van der Waals surface area (Å²) in [6.07, 6.45) is 0. The minimum absolute atomic E-state index is 0.109. The third-order valence-corrected chi connectivity index (χ3v) is 23.3. The average Bonchev–Trinajstić information content (AvgIpc) is 2.54. The van der Waals surface area contributed by atoms with Crippen LogP contribution >= 0.6 is 0 Å². The highest BCUT2D eigenvalue weighted by molar-refractivity contribution is 7.51. The Morgan fingerprint density at radius 3 is 1.78 bits per heavy atom. The van der Waals surface area contributed by atoms with Crippen LogP contribution in [-0.4, -0.2) is 21.0 Å². The maximum absolute atomic E-state index is 11.5. The van der Waals surface area contributed by atoms with Gasteiger partial charge in [-0.2, -0.15) is 0 Å². The lowest BCUT2D eigenvalue weighted by Gasteiger charge is -2.40.